The van der Waals surface area contributed by atoms with Gasteiger partial charge in [-0.2, -0.15) is 0 Å². The van der Waals surface area contributed by atoms with E-state index in [9.17, 15) is 4.79 Å². The summed E-state index contributed by atoms with van der Waals surface area (Å²) in [7, 11) is 0. The molecule has 27 heavy (non-hydrogen) atoms. The molecule has 148 valence electrons. The van der Waals surface area contributed by atoms with Crippen LogP contribution < -0.4 is 0 Å². The minimum absolute atomic E-state index is 0.0514. The Morgan fingerprint density at radius 3 is 2.96 bits per heavy atom. The summed E-state index contributed by atoms with van der Waals surface area (Å²) in [6.45, 7) is 5.39. The van der Waals surface area contributed by atoms with E-state index in [1.54, 1.807) is 0 Å². The average molecular weight is 375 g/mol. The van der Waals surface area contributed by atoms with E-state index < -0.39 is 0 Å². The lowest BCUT2D eigenvalue weighted by Gasteiger charge is -2.44. The number of likely N-dealkylation sites (tertiary alicyclic amines) is 1. The first-order valence-electron chi connectivity index (χ1n) is 10.1. The molecule has 1 aromatic rings. The van der Waals surface area contributed by atoms with E-state index in [1.165, 1.54) is 12.0 Å². The number of ether oxygens (including phenoxy) is 3. The summed E-state index contributed by atoms with van der Waals surface area (Å²) in [6.07, 6.45) is 7.81. The van der Waals surface area contributed by atoms with Crippen LogP contribution in [0.15, 0.2) is 6.20 Å². The Labute approximate surface area is 160 Å². The van der Waals surface area contributed by atoms with Crippen LogP contribution in [0.25, 0.3) is 0 Å². The molecule has 1 amide bonds. The quantitative estimate of drug-likeness (QED) is 0.798. The van der Waals surface area contributed by atoms with Crippen molar-refractivity contribution >= 4 is 5.91 Å². The number of fused-ring (bicyclic) bond motifs is 2. The Bertz CT molecular complexity index is 667. The maximum Gasteiger partial charge on any atom is 0.248 e. The summed E-state index contributed by atoms with van der Waals surface area (Å²) >= 11 is 0. The van der Waals surface area contributed by atoms with Crippen LogP contribution in [0.5, 0.6) is 0 Å². The summed E-state index contributed by atoms with van der Waals surface area (Å²) in [5, 5.41) is 0. The van der Waals surface area contributed by atoms with Gasteiger partial charge in [0.1, 0.15) is 18.0 Å². The minimum Gasteiger partial charge on any atom is -0.376 e. The van der Waals surface area contributed by atoms with Gasteiger partial charge in [-0.1, -0.05) is 0 Å². The van der Waals surface area contributed by atoms with Crippen LogP contribution >= 0.6 is 0 Å². The first-order chi connectivity index (χ1) is 13.2. The Morgan fingerprint density at radius 2 is 2.19 bits per heavy atom. The van der Waals surface area contributed by atoms with Crippen LogP contribution in [-0.4, -0.2) is 66.4 Å². The van der Waals surface area contributed by atoms with Crippen molar-refractivity contribution in [2.45, 2.75) is 57.2 Å². The third kappa shape index (κ3) is 4.15. The molecular formula is C20H29N3O4. The molecule has 7 nitrogen and oxygen atoms in total. The Balaban J connectivity index is 1.30. The van der Waals surface area contributed by atoms with Gasteiger partial charge < -0.3 is 19.1 Å². The number of nitrogens with zero attached hydrogens (tertiary/aromatic N) is 3. The number of hydrogen-bond donors (Lipinski definition) is 0. The molecule has 4 heterocycles. The number of carbonyl (C=O) groups excluding carboxylic acids is 1. The van der Waals surface area contributed by atoms with Crippen LogP contribution in [0.2, 0.25) is 0 Å². The second-order valence-corrected chi connectivity index (χ2v) is 7.77. The van der Waals surface area contributed by atoms with Gasteiger partial charge in [0.2, 0.25) is 5.91 Å². The SMILES string of the molecule is Cc1ncc2c(n1)C1(CCN(C(=O)COCC3CCCCO3)CC1)OCC2. The molecule has 0 bridgehead atoms. The smallest absolute Gasteiger partial charge is 0.248 e. The second kappa shape index (κ2) is 8.20. The number of aromatic nitrogens is 2. The topological polar surface area (TPSA) is 73.8 Å². The summed E-state index contributed by atoms with van der Waals surface area (Å²) < 4.78 is 17.5. The summed E-state index contributed by atoms with van der Waals surface area (Å²) in [5.41, 5.74) is 1.84. The van der Waals surface area contributed by atoms with E-state index in [2.05, 4.69) is 9.97 Å². The lowest BCUT2D eigenvalue weighted by molar-refractivity contribution is -0.147. The summed E-state index contributed by atoms with van der Waals surface area (Å²) in [6, 6.07) is 0. The highest BCUT2D eigenvalue weighted by molar-refractivity contribution is 5.77. The third-order valence-electron chi connectivity index (χ3n) is 5.89. The van der Waals surface area contributed by atoms with Gasteiger partial charge in [0.05, 0.1) is 25.0 Å². The maximum absolute atomic E-state index is 12.5. The van der Waals surface area contributed by atoms with Crippen molar-refractivity contribution in [3.63, 3.8) is 0 Å². The van der Waals surface area contributed by atoms with Gasteiger partial charge in [-0.25, -0.2) is 9.97 Å². The maximum atomic E-state index is 12.5. The molecule has 1 aromatic heterocycles. The van der Waals surface area contributed by atoms with Crippen LogP contribution in [0, 0.1) is 6.92 Å². The van der Waals surface area contributed by atoms with Crippen molar-refractivity contribution in [2.75, 3.05) is 39.5 Å². The van der Waals surface area contributed by atoms with Gasteiger partial charge in [0.25, 0.3) is 0 Å². The summed E-state index contributed by atoms with van der Waals surface area (Å²) in [5.74, 6) is 0.825. The minimum atomic E-state index is -0.366. The second-order valence-electron chi connectivity index (χ2n) is 7.77. The fourth-order valence-electron chi connectivity index (χ4n) is 4.30. The van der Waals surface area contributed by atoms with E-state index in [-0.39, 0.29) is 24.2 Å². The first-order valence-corrected chi connectivity index (χ1v) is 10.1. The van der Waals surface area contributed by atoms with Gasteiger partial charge in [0, 0.05) is 25.9 Å². The van der Waals surface area contributed by atoms with E-state index >= 15 is 0 Å². The highest BCUT2D eigenvalue weighted by Gasteiger charge is 2.43. The third-order valence-corrected chi connectivity index (χ3v) is 5.89. The van der Waals surface area contributed by atoms with Crippen molar-refractivity contribution in [1.82, 2.24) is 14.9 Å². The predicted molar refractivity (Wildman–Crippen MR) is 98.3 cm³/mol. The van der Waals surface area contributed by atoms with E-state index in [0.717, 1.165) is 50.2 Å². The van der Waals surface area contributed by atoms with Crippen LogP contribution in [0.3, 0.4) is 0 Å². The number of aryl methyl sites for hydroxylation is 1. The molecule has 2 fully saturated rings. The number of carbonyl (C=O) groups is 1. The molecule has 1 atom stereocenters. The molecule has 0 saturated carbocycles. The first kappa shape index (κ1) is 18.8. The molecule has 3 aliphatic heterocycles. The molecule has 0 aliphatic carbocycles. The van der Waals surface area contributed by atoms with Crippen molar-refractivity contribution in [3.05, 3.63) is 23.3 Å². The Kier molecular flexibility index (Phi) is 5.71. The number of amides is 1. The molecule has 4 rings (SSSR count). The fourth-order valence-corrected chi connectivity index (χ4v) is 4.30. The molecule has 3 aliphatic rings. The van der Waals surface area contributed by atoms with Crippen LogP contribution in [0.1, 0.15) is 49.2 Å². The van der Waals surface area contributed by atoms with Gasteiger partial charge in [0.15, 0.2) is 0 Å². The number of hydrogen-bond acceptors (Lipinski definition) is 6. The standard InChI is InChI=1S/C20H29N3O4/c1-15-21-12-16-5-11-27-20(19(16)22-15)6-8-23(9-7-20)18(24)14-25-13-17-4-2-3-10-26-17/h12,17H,2-11,13-14H2,1H3. The van der Waals surface area contributed by atoms with Crippen molar-refractivity contribution in [3.8, 4) is 0 Å². The molecule has 0 N–H and O–H groups in total. The molecule has 0 radical (unpaired) electrons. The van der Waals surface area contributed by atoms with Crippen molar-refractivity contribution in [1.29, 1.82) is 0 Å². The monoisotopic (exact) mass is 375 g/mol. The van der Waals surface area contributed by atoms with Crippen LogP contribution in [-0.2, 0) is 31.0 Å². The lowest BCUT2D eigenvalue weighted by atomic mass is 9.83. The Morgan fingerprint density at radius 1 is 1.33 bits per heavy atom. The van der Waals surface area contributed by atoms with E-state index in [0.29, 0.717) is 26.3 Å². The average Bonchev–Trinajstić information content (AvgIpc) is 2.70. The predicted octanol–water partition coefficient (Wildman–Crippen LogP) is 1.76. The molecule has 1 spiro atoms. The molecular weight excluding hydrogens is 346 g/mol. The molecule has 0 aromatic carbocycles. The van der Waals surface area contributed by atoms with E-state index in [1.807, 2.05) is 18.0 Å². The number of piperidine rings is 1. The van der Waals surface area contributed by atoms with Crippen molar-refractivity contribution < 1.29 is 19.0 Å². The lowest BCUT2D eigenvalue weighted by Crippen LogP contribution is -2.49. The highest BCUT2D eigenvalue weighted by atomic mass is 16.5. The highest BCUT2D eigenvalue weighted by Crippen LogP contribution is 2.40. The summed E-state index contributed by atoms with van der Waals surface area (Å²) in [4.78, 5) is 23.4. The van der Waals surface area contributed by atoms with Gasteiger partial charge in [-0.05, 0) is 51.0 Å². The Hall–Kier alpha value is -1.57. The van der Waals surface area contributed by atoms with Gasteiger partial charge in [-0.15, -0.1) is 0 Å². The molecule has 7 heteroatoms. The fraction of sp³-hybridized carbons (Fsp3) is 0.750. The largest absolute Gasteiger partial charge is 0.376 e. The van der Waals surface area contributed by atoms with E-state index in [4.69, 9.17) is 14.2 Å². The zero-order valence-electron chi connectivity index (χ0n) is 16.1. The zero-order chi connectivity index (χ0) is 18.7. The molecule has 2 saturated heterocycles. The zero-order valence-corrected chi connectivity index (χ0v) is 16.1. The van der Waals surface area contributed by atoms with Gasteiger partial charge >= 0.3 is 0 Å². The van der Waals surface area contributed by atoms with Crippen molar-refractivity contribution in [2.24, 2.45) is 0 Å². The number of rotatable bonds is 4. The van der Waals surface area contributed by atoms with Crippen LogP contribution in [0.4, 0.5) is 0 Å². The normalized spacial score (nSPS) is 24.6. The van der Waals surface area contributed by atoms with Gasteiger partial charge in [-0.3, -0.25) is 4.79 Å². The molecule has 1 unspecified atom stereocenters.